The Kier molecular flexibility index (Phi) is 5.43. The Morgan fingerprint density at radius 1 is 1.45 bits per heavy atom. The summed E-state index contributed by atoms with van der Waals surface area (Å²) in [6.07, 6.45) is 5.34. The van der Waals surface area contributed by atoms with Crippen LogP contribution in [0.5, 0.6) is 5.06 Å². The number of aliphatic carboxylic acids is 1. The molecule has 2 unspecified atom stereocenters. The molecule has 0 amide bonds. The maximum absolute atomic E-state index is 11.2. The van der Waals surface area contributed by atoms with Gasteiger partial charge in [0.15, 0.2) is 10.7 Å². The van der Waals surface area contributed by atoms with E-state index in [0.717, 1.165) is 43.8 Å². The SMILES string of the molecule is CCC1OC1(CCCCCCOc1cccs1)C(=O)O. The van der Waals surface area contributed by atoms with E-state index in [9.17, 15) is 9.90 Å². The summed E-state index contributed by atoms with van der Waals surface area (Å²) in [5.74, 6) is -0.801. The highest BCUT2D eigenvalue weighted by Crippen LogP contribution is 2.43. The van der Waals surface area contributed by atoms with Crippen LogP contribution in [0.3, 0.4) is 0 Å². The Hall–Kier alpha value is -1.07. The molecule has 1 aromatic rings. The first-order valence-electron chi connectivity index (χ1n) is 7.26. The van der Waals surface area contributed by atoms with Gasteiger partial charge in [-0.1, -0.05) is 19.8 Å². The summed E-state index contributed by atoms with van der Waals surface area (Å²) in [4.78, 5) is 11.2. The fraction of sp³-hybridized carbons (Fsp3) is 0.667. The predicted molar refractivity (Wildman–Crippen MR) is 78.4 cm³/mol. The van der Waals surface area contributed by atoms with E-state index < -0.39 is 11.6 Å². The minimum atomic E-state index is -0.873. The van der Waals surface area contributed by atoms with Crippen molar-refractivity contribution in [2.45, 2.75) is 57.2 Å². The van der Waals surface area contributed by atoms with Crippen LogP contribution >= 0.6 is 11.3 Å². The van der Waals surface area contributed by atoms with Gasteiger partial charge in [0.05, 0.1) is 12.7 Å². The van der Waals surface area contributed by atoms with Crippen molar-refractivity contribution in [3.63, 3.8) is 0 Å². The number of thiophene rings is 1. The van der Waals surface area contributed by atoms with Gasteiger partial charge in [-0.25, -0.2) is 4.79 Å². The Labute approximate surface area is 123 Å². The minimum Gasteiger partial charge on any atom is -0.484 e. The molecule has 20 heavy (non-hydrogen) atoms. The van der Waals surface area contributed by atoms with Crippen molar-refractivity contribution in [3.8, 4) is 5.06 Å². The molecule has 0 bridgehead atoms. The first-order valence-corrected chi connectivity index (χ1v) is 8.14. The zero-order valence-electron chi connectivity index (χ0n) is 11.8. The lowest BCUT2D eigenvalue weighted by molar-refractivity contribution is -0.143. The summed E-state index contributed by atoms with van der Waals surface area (Å²) in [5.41, 5.74) is -0.873. The molecule has 2 heterocycles. The third-order valence-corrected chi connectivity index (χ3v) is 4.51. The quantitative estimate of drug-likeness (QED) is 0.528. The summed E-state index contributed by atoms with van der Waals surface area (Å²) in [7, 11) is 0. The van der Waals surface area contributed by atoms with Crippen LogP contribution in [0.4, 0.5) is 0 Å². The molecular weight excluding hydrogens is 276 g/mol. The van der Waals surface area contributed by atoms with Gasteiger partial charge in [-0.2, -0.15) is 0 Å². The summed E-state index contributed by atoms with van der Waals surface area (Å²) < 4.78 is 10.9. The minimum absolute atomic E-state index is 0.0813. The van der Waals surface area contributed by atoms with E-state index in [0.29, 0.717) is 6.42 Å². The number of carbonyl (C=O) groups is 1. The van der Waals surface area contributed by atoms with Gasteiger partial charge in [0, 0.05) is 0 Å². The zero-order valence-corrected chi connectivity index (χ0v) is 12.7. The summed E-state index contributed by atoms with van der Waals surface area (Å²) in [6.45, 7) is 2.70. The lowest BCUT2D eigenvalue weighted by Crippen LogP contribution is -2.26. The highest BCUT2D eigenvalue weighted by molar-refractivity contribution is 7.11. The third-order valence-electron chi connectivity index (χ3n) is 3.73. The second kappa shape index (κ2) is 7.09. The number of ether oxygens (including phenoxy) is 2. The lowest BCUT2D eigenvalue weighted by Gasteiger charge is -2.07. The summed E-state index contributed by atoms with van der Waals surface area (Å²) in [6, 6.07) is 3.95. The number of hydrogen-bond acceptors (Lipinski definition) is 4. The van der Waals surface area contributed by atoms with E-state index in [1.807, 2.05) is 24.4 Å². The number of carboxylic acids is 1. The van der Waals surface area contributed by atoms with Crippen LogP contribution in [0.1, 0.15) is 45.4 Å². The Bertz CT molecular complexity index is 418. The van der Waals surface area contributed by atoms with E-state index in [4.69, 9.17) is 9.47 Å². The predicted octanol–water partition coefficient (Wildman–Crippen LogP) is 3.71. The van der Waals surface area contributed by atoms with Crippen LogP contribution in [-0.2, 0) is 9.53 Å². The third kappa shape index (κ3) is 3.73. The molecule has 0 saturated carbocycles. The molecule has 0 aliphatic carbocycles. The van der Waals surface area contributed by atoms with Gasteiger partial charge < -0.3 is 14.6 Å². The number of hydrogen-bond donors (Lipinski definition) is 1. The number of unbranched alkanes of at least 4 members (excludes halogenated alkanes) is 3. The van der Waals surface area contributed by atoms with Crippen molar-refractivity contribution in [1.29, 1.82) is 0 Å². The van der Waals surface area contributed by atoms with Crippen LogP contribution in [0.2, 0.25) is 0 Å². The maximum atomic E-state index is 11.2. The molecule has 2 atom stereocenters. The highest BCUT2D eigenvalue weighted by Gasteiger charge is 2.61. The molecule has 112 valence electrons. The highest BCUT2D eigenvalue weighted by atomic mass is 32.1. The standard InChI is InChI=1S/C15H22O4S/c1-2-12-15(19-12,14(16)17)9-5-3-4-6-10-18-13-8-7-11-20-13/h7-8,11-12H,2-6,9-10H2,1H3,(H,16,17). The van der Waals surface area contributed by atoms with Crippen LogP contribution in [0, 0.1) is 0 Å². The first kappa shape index (κ1) is 15.3. The van der Waals surface area contributed by atoms with Crippen molar-refractivity contribution in [1.82, 2.24) is 0 Å². The maximum Gasteiger partial charge on any atom is 0.338 e. The molecule has 4 nitrogen and oxygen atoms in total. The molecule has 2 rings (SSSR count). The van der Waals surface area contributed by atoms with E-state index in [2.05, 4.69) is 0 Å². The van der Waals surface area contributed by atoms with Gasteiger partial charge in [-0.05, 0) is 43.2 Å². The van der Waals surface area contributed by atoms with Gasteiger partial charge in [-0.3, -0.25) is 0 Å². The smallest absolute Gasteiger partial charge is 0.338 e. The molecule has 1 saturated heterocycles. The fourth-order valence-electron chi connectivity index (χ4n) is 2.51. The van der Waals surface area contributed by atoms with E-state index in [1.165, 1.54) is 0 Å². The second-order valence-electron chi connectivity index (χ2n) is 5.15. The Morgan fingerprint density at radius 2 is 2.25 bits per heavy atom. The normalized spacial score (nSPS) is 24.6. The van der Waals surface area contributed by atoms with E-state index in [1.54, 1.807) is 11.3 Å². The molecule has 5 heteroatoms. The van der Waals surface area contributed by atoms with Crippen molar-refractivity contribution in [3.05, 3.63) is 17.5 Å². The van der Waals surface area contributed by atoms with Crippen LogP contribution in [0.15, 0.2) is 17.5 Å². The van der Waals surface area contributed by atoms with Crippen LogP contribution < -0.4 is 4.74 Å². The largest absolute Gasteiger partial charge is 0.484 e. The molecular formula is C15H22O4S. The molecule has 1 N–H and O–H groups in total. The number of rotatable bonds is 10. The molecule has 1 aliphatic rings. The van der Waals surface area contributed by atoms with Gasteiger partial charge >= 0.3 is 5.97 Å². The van der Waals surface area contributed by atoms with E-state index >= 15 is 0 Å². The average molecular weight is 298 g/mol. The molecule has 0 aromatic carbocycles. The molecule has 1 fully saturated rings. The fourth-order valence-corrected chi connectivity index (χ4v) is 3.11. The summed E-state index contributed by atoms with van der Waals surface area (Å²) >= 11 is 1.60. The second-order valence-corrected chi connectivity index (χ2v) is 6.06. The molecule has 0 radical (unpaired) electrons. The van der Waals surface area contributed by atoms with Crippen molar-refractivity contribution >= 4 is 17.3 Å². The van der Waals surface area contributed by atoms with Crippen molar-refractivity contribution in [2.75, 3.05) is 6.61 Å². The van der Waals surface area contributed by atoms with Gasteiger partial charge in [0.2, 0.25) is 0 Å². The van der Waals surface area contributed by atoms with Crippen molar-refractivity contribution in [2.24, 2.45) is 0 Å². The van der Waals surface area contributed by atoms with Gasteiger partial charge in [0.1, 0.15) is 0 Å². The number of epoxide rings is 1. The van der Waals surface area contributed by atoms with E-state index in [-0.39, 0.29) is 6.10 Å². The molecule has 1 aliphatic heterocycles. The monoisotopic (exact) mass is 298 g/mol. The number of carboxylic acid groups (broad SMARTS) is 1. The zero-order chi connectivity index (χ0) is 14.4. The average Bonchev–Trinajstić information content (AvgIpc) is 2.93. The topological polar surface area (TPSA) is 59.1 Å². The van der Waals surface area contributed by atoms with Gasteiger partial charge in [-0.15, -0.1) is 11.3 Å². The Morgan fingerprint density at radius 3 is 2.85 bits per heavy atom. The molecule has 1 aromatic heterocycles. The van der Waals surface area contributed by atoms with Crippen LogP contribution in [-0.4, -0.2) is 29.4 Å². The van der Waals surface area contributed by atoms with Gasteiger partial charge in [0.25, 0.3) is 0 Å². The summed E-state index contributed by atoms with van der Waals surface area (Å²) in [5, 5.41) is 12.2. The lowest BCUT2D eigenvalue weighted by atomic mass is 9.96. The first-order chi connectivity index (χ1) is 9.69. The van der Waals surface area contributed by atoms with Crippen molar-refractivity contribution < 1.29 is 19.4 Å². The molecule has 0 spiro atoms. The van der Waals surface area contributed by atoms with Crippen LogP contribution in [0.25, 0.3) is 0 Å². The Balaban J connectivity index is 1.52.